The minimum absolute atomic E-state index is 0.288. The average molecular weight is 186 g/mol. The van der Waals surface area contributed by atoms with Crippen LogP contribution in [-0.4, -0.2) is 23.4 Å². The summed E-state index contributed by atoms with van der Waals surface area (Å²) in [6, 6.07) is 0. The summed E-state index contributed by atoms with van der Waals surface area (Å²) in [6.07, 6.45) is 2.00. The third kappa shape index (κ3) is 1.56. The van der Waals surface area contributed by atoms with E-state index in [1.54, 1.807) is 0 Å². The first kappa shape index (κ1) is 7.94. The topological polar surface area (TPSA) is 51.0 Å². The number of rotatable bonds is 1. The molecular formula is C7H10N2O2S. The van der Waals surface area contributed by atoms with Crippen molar-refractivity contribution in [1.82, 2.24) is 10.1 Å². The number of hydrogen-bond donors (Lipinski definition) is 1. The number of nitrogens with zero attached hydrogens (tertiary/aromatic N) is 1. The molecule has 0 spiro atoms. The lowest BCUT2D eigenvalue weighted by atomic mass is 10.00. The highest BCUT2D eigenvalue weighted by Crippen LogP contribution is 2.23. The van der Waals surface area contributed by atoms with Gasteiger partial charge in [-0.15, -0.1) is 0 Å². The van der Waals surface area contributed by atoms with Crippen LogP contribution in [0.25, 0.3) is 0 Å². The van der Waals surface area contributed by atoms with Gasteiger partial charge in [-0.3, -0.25) is 0 Å². The number of aromatic amines is 1. The number of nitrogens with one attached hydrogen (secondary N) is 1. The van der Waals surface area contributed by atoms with Crippen molar-refractivity contribution < 1.29 is 9.26 Å². The first-order valence-corrected chi connectivity index (χ1v) is 4.40. The van der Waals surface area contributed by atoms with E-state index in [1.165, 1.54) is 0 Å². The molecule has 0 atom stereocenters. The van der Waals surface area contributed by atoms with Gasteiger partial charge in [-0.05, 0) is 25.1 Å². The van der Waals surface area contributed by atoms with Gasteiger partial charge in [0.05, 0.1) is 0 Å². The Balaban J connectivity index is 2.13. The first-order chi connectivity index (χ1) is 5.86. The van der Waals surface area contributed by atoms with E-state index in [9.17, 15) is 0 Å². The Morgan fingerprint density at radius 3 is 2.75 bits per heavy atom. The maximum Gasteiger partial charge on any atom is 0.314 e. The summed E-state index contributed by atoms with van der Waals surface area (Å²) in [5, 5.41) is 2.73. The number of H-pyrrole nitrogens is 1. The SMILES string of the molecule is S=c1nc(C2CCOCC2)[nH]o1. The summed E-state index contributed by atoms with van der Waals surface area (Å²) in [7, 11) is 0. The van der Waals surface area contributed by atoms with Crippen LogP contribution in [0.1, 0.15) is 24.6 Å². The maximum atomic E-state index is 5.23. The maximum absolute atomic E-state index is 5.23. The van der Waals surface area contributed by atoms with Gasteiger partial charge in [0, 0.05) is 19.1 Å². The van der Waals surface area contributed by atoms with Crippen LogP contribution >= 0.6 is 12.2 Å². The van der Waals surface area contributed by atoms with E-state index in [4.69, 9.17) is 21.5 Å². The molecule has 0 unspecified atom stereocenters. The fourth-order valence-corrected chi connectivity index (χ4v) is 1.53. The number of hydrogen-bond acceptors (Lipinski definition) is 4. The van der Waals surface area contributed by atoms with Crippen LogP contribution in [0.3, 0.4) is 0 Å². The summed E-state index contributed by atoms with van der Waals surface area (Å²) in [4.78, 5) is 4.36. The second kappa shape index (κ2) is 3.37. The molecule has 2 heterocycles. The molecule has 0 radical (unpaired) electrons. The highest BCUT2D eigenvalue weighted by Gasteiger charge is 2.18. The Labute approximate surface area is 74.9 Å². The zero-order valence-corrected chi connectivity index (χ0v) is 7.39. The summed E-state index contributed by atoms with van der Waals surface area (Å²) < 4.78 is 10.1. The van der Waals surface area contributed by atoms with Crippen molar-refractivity contribution in [2.75, 3.05) is 13.2 Å². The normalized spacial score (nSPS) is 19.7. The zero-order valence-electron chi connectivity index (χ0n) is 6.58. The quantitative estimate of drug-likeness (QED) is 0.677. The number of ether oxygens (including phenoxy) is 1. The molecule has 1 N–H and O–H groups in total. The van der Waals surface area contributed by atoms with E-state index in [-0.39, 0.29) is 4.84 Å². The van der Waals surface area contributed by atoms with Crippen LogP contribution in [0.15, 0.2) is 4.52 Å². The highest BCUT2D eigenvalue weighted by molar-refractivity contribution is 7.71. The van der Waals surface area contributed by atoms with Crippen LogP contribution in [0.4, 0.5) is 0 Å². The van der Waals surface area contributed by atoms with Gasteiger partial charge < -0.3 is 9.26 Å². The van der Waals surface area contributed by atoms with Crippen LogP contribution in [0.2, 0.25) is 0 Å². The van der Waals surface area contributed by atoms with Gasteiger partial charge in [-0.1, -0.05) is 0 Å². The first-order valence-electron chi connectivity index (χ1n) is 3.99. The van der Waals surface area contributed by atoms with Gasteiger partial charge in [-0.25, -0.2) is 5.16 Å². The van der Waals surface area contributed by atoms with Crippen molar-refractivity contribution in [3.8, 4) is 0 Å². The second-order valence-electron chi connectivity index (χ2n) is 2.85. The molecular weight excluding hydrogens is 176 g/mol. The molecule has 0 bridgehead atoms. The highest BCUT2D eigenvalue weighted by atomic mass is 32.1. The molecule has 0 amide bonds. The molecule has 1 fully saturated rings. The van der Waals surface area contributed by atoms with Crippen LogP contribution < -0.4 is 0 Å². The van der Waals surface area contributed by atoms with Gasteiger partial charge >= 0.3 is 4.84 Å². The smallest absolute Gasteiger partial charge is 0.314 e. The molecule has 4 nitrogen and oxygen atoms in total. The fourth-order valence-electron chi connectivity index (χ4n) is 1.39. The standard InChI is InChI=1S/C7H10N2O2S/c12-7-8-6(9-11-7)5-1-3-10-4-2-5/h5H,1-4H2,(H,8,9,12). The molecule has 1 aromatic rings. The Hall–Kier alpha value is -0.680. The average Bonchev–Trinajstić information content (AvgIpc) is 2.54. The molecule has 66 valence electrons. The Bertz CT molecular complexity index is 300. The van der Waals surface area contributed by atoms with Crippen LogP contribution in [0, 0.1) is 4.84 Å². The second-order valence-corrected chi connectivity index (χ2v) is 3.20. The largest absolute Gasteiger partial charge is 0.381 e. The minimum Gasteiger partial charge on any atom is -0.381 e. The predicted octanol–water partition coefficient (Wildman–Crippen LogP) is 1.63. The van der Waals surface area contributed by atoms with E-state index in [1.807, 2.05) is 0 Å². The van der Waals surface area contributed by atoms with E-state index < -0.39 is 0 Å². The van der Waals surface area contributed by atoms with E-state index in [2.05, 4.69) is 10.1 Å². The molecule has 5 heteroatoms. The number of aromatic nitrogens is 2. The monoisotopic (exact) mass is 186 g/mol. The van der Waals surface area contributed by atoms with Crippen LogP contribution in [0.5, 0.6) is 0 Å². The van der Waals surface area contributed by atoms with Crippen LogP contribution in [-0.2, 0) is 4.74 Å². The molecule has 1 saturated heterocycles. The summed E-state index contributed by atoms with van der Waals surface area (Å²) in [5.74, 6) is 1.29. The molecule has 0 saturated carbocycles. The molecule has 1 aliphatic heterocycles. The lowest BCUT2D eigenvalue weighted by Gasteiger charge is -2.18. The van der Waals surface area contributed by atoms with Crippen molar-refractivity contribution in [1.29, 1.82) is 0 Å². The lowest BCUT2D eigenvalue weighted by molar-refractivity contribution is 0.0830. The van der Waals surface area contributed by atoms with Gasteiger partial charge in [0.15, 0.2) is 0 Å². The molecule has 0 aromatic carbocycles. The van der Waals surface area contributed by atoms with Crippen molar-refractivity contribution in [3.63, 3.8) is 0 Å². The molecule has 0 aliphatic carbocycles. The molecule has 1 aromatic heterocycles. The van der Waals surface area contributed by atoms with Crippen molar-refractivity contribution in [2.45, 2.75) is 18.8 Å². The van der Waals surface area contributed by atoms with Gasteiger partial charge in [-0.2, -0.15) is 4.98 Å². The lowest BCUT2D eigenvalue weighted by Crippen LogP contribution is -2.14. The molecule has 2 rings (SSSR count). The van der Waals surface area contributed by atoms with Gasteiger partial charge in [0.1, 0.15) is 5.82 Å². The fraction of sp³-hybridized carbons (Fsp3) is 0.714. The summed E-state index contributed by atoms with van der Waals surface area (Å²) in [5.41, 5.74) is 0. The Morgan fingerprint density at radius 1 is 1.42 bits per heavy atom. The van der Waals surface area contributed by atoms with Gasteiger partial charge in [0.2, 0.25) is 0 Å². The van der Waals surface area contributed by atoms with E-state index in [0.717, 1.165) is 31.9 Å². The van der Waals surface area contributed by atoms with Crippen molar-refractivity contribution in [2.24, 2.45) is 0 Å². The zero-order chi connectivity index (χ0) is 8.39. The summed E-state index contributed by atoms with van der Waals surface area (Å²) >= 11 is 4.76. The van der Waals surface area contributed by atoms with Gasteiger partial charge in [0.25, 0.3) is 0 Å². The third-order valence-corrected chi connectivity index (χ3v) is 2.24. The Morgan fingerprint density at radius 2 is 2.17 bits per heavy atom. The minimum atomic E-state index is 0.288. The summed E-state index contributed by atoms with van der Waals surface area (Å²) in [6.45, 7) is 1.61. The van der Waals surface area contributed by atoms with Crippen molar-refractivity contribution in [3.05, 3.63) is 10.7 Å². The molecule has 1 aliphatic rings. The van der Waals surface area contributed by atoms with E-state index >= 15 is 0 Å². The van der Waals surface area contributed by atoms with E-state index in [0.29, 0.717) is 5.92 Å². The Kier molecular flexibility index (Phi) is 2.23. The third-order valence-electron chi connectivity index (χ3n) is 2.06. The predicted molar refractivity (Wildman–Crippen MR) is 44.5 cm³/mol. The van der Waals surface area contributed by atoms with Crippen molar-refractivity contribution >= 4 is 12.2 Å². The molecule has 12 heavy (non-hydrogen) atoms.